The molecule has 0 saturated heterocycles. The van der Waals surface area contributed by atoms with E-state index in [4.69, 9.17) is 5.73 Å². The highest BCUT2D eigenvalue weighted by Gasteiger charge is 2.31. The Labute approximate surface area is 134 Å². The SMILES string of the molecule is Cc1ccc(CC(C)N(C)C(=O)C2CCC(N)C2)cc1.Cl. The molecule has 2 N–H and O–H groups in total. The van der Waals surface area contributed by atoms with Gasteiger partial charge in [-0.25, -0.2) is 0 Å². The molecule has 1 aromatic rings. The molecule has 3 unspecified atom stereocenters. The fraction of sp³-hybridized carbons (Fsp3) is 0.588. The van der Waals surface area contributed by atoms with Crippen LogP contribution in [0.5, 0.6) is 0 Å². The Morgan fingerprint density at radius 1 is 1.33 bits per heavy atom. The predicted octanol–water partition coefficient (Wildman–Crippen LogP) is 2.93. The van der Waals surface area contributed by atoms with Crippen LogP contribution in [-0.4, -0.2) is 29.9 Å². The van der Waals surface area contributed by atoms with Gasteiger partial charge in [-0.2, -0.15) is 0 Å². The molecule has 0 heterocycles. The first-order valence-electron chi connectivity index (χ1n) is 7.55. The number of carbonyl (C=O) groups is 1. The minimum atomic E-state index is 0. The molecule has 118 valence electrons. The van der Waals surface area contributed by atoms with Crippen LogP contribution in [0.15, 0.2) is 24.3 Å². The molecular formula is C17H27ClN2O. The van der Waals surface area contributed by atoms with Crippen molar-refractivity contribution in [3.63, 3.8) is 0 Å². The van der Waals surface area contributed by atoms with Gasteiger partial charge in [-0.3, -0.25) is 4.79 Å². The number of carbonyl (C=O) groups excluding carboxylic acids is 1. The average molecular weight is 311 g/mol. The van der Waals surface area contributed by atoms with Gasteiger partial charge in [0.15, 0.2) is 0 Å². The van der Waals surface area contributed by atoms with Crippen molar-refractivity contribution in [3.8, 4) is 0 Å². The minimum Gasteiger partial charge on any atom is -0.342 e. The largest absolute Gasteiger partial charge is 0.342 e. The van der Waals surface area contributed by atoms with Crippen molar-refractivity contribution in [2.24, 2.45) is 11.7 Å². The number of hydrogen-bond acceptors (Lipinski definition) is 2. The monoisotopic (exact) mass is 310 g/mol. The summed E-state index contributed by atoms with van der Waals surface area (Å²) in [6, 6.07) is 8.98. The summed E-state index contributed by atoms with van der Waals surface area (Å²) >= 11 is 0. The highest BCUT2D eigenvalue weighted by Crippen LogP contribution is 2.26. The van der Waals surface area contributed by atoms with Crippen LogP contribution in [-0.2, 0) is 11.2 Å². The third-order valence-electron chi connectivity index (χ3n) is 4.48. The number of rotatable bonds is 4. The Hall–Kier alpha value is -1.06. The zero-order chi connectivity index (χ0) is 14.7. The second kappa shape index (κ2) is 7.81. The van der Waals surface area contributed by atoms with E-state index in [1.807, 2.05) is 11.9 Å². The fourth-order valence-corrected chi connectivity index (χ4v) is 2.95. The average Bonchev–Trinajstić information content (AvgIpc) is 2.86. The maximum absolute atomic E-state index is 12.4. The number of halogens is 1. The molecule has 3 atom stereocenters. The van der Waals surface area contributed by atoms with Crippen LogP contribution in [0.25, 0.3) is 0 Å². The van der Waals surface area contributed by atoms with E-state index in [1.54, 1.807) is 0 Å². The molecule has 21 heavy (non-hydrogen) atoms. The van der Waals surface area contributed by atoms with Crippen LogP contribution in [0.2, 0.25) is 0 Å². The molecule has 1 aromatic carbocycles. The number of nitrogens with zero attached hydrogens (tertiary/aromatic N) is 1. The quantitative estimate of drug-likeness (QED) is 0.929. The molecule has 0 radical (unpaired) electrons. The molecule has 2 rings (SSSR count). The lowest BCUT2D eigenvalue weighted by atomic mass is 10.0. The molecule has 0 spiro atoms. The second-order valence-corrected chi connectivity index (χ2v) is 6.26. The van der Waals surface area contributed by atoms with Gasteiger partial charge in [0.1, 0.15) is 0 Å². The number of aryl methyl sites for hydroxylation is 1. The number of amides is 1. The predicted molar refractivity (Wildman–Crippen MR) is 89.7 cm³/mol. The van der Waals surface area contributed by atoms with Gasteiger partial charge in [0.2, 0.25) is 5.91 Å². The van der Waals surface area contributed by atoms with Crippen molar-refractivity contribution in [1.82, 2.24) is 4.90 Å². The van der Waals surface area contributed by atoms with E-state index in [1.165, 1.54) is 11.1 Å². The molecule has 4 heteroatoms. The van der Waals surface area contributed by atoms with Gasteiger partial charge < -0.3 is 10.6 Å². The lowest BCUT2D eigenvalue weighted by Crippen LogP contribution is -2.40. The summed E-state index contributed by atoms with van der Waals surface area (Å²) in [5.74, 6) is 0.396. The van der Waals surface area contributed by atoms with E-state index in [9.17, 15) is 4.79 Å². The summed E-state index contributed by atoms with van der Waals surface area (Å²) in [5, 5.41) is 0. The Balaban J connectivity index is 0.00000220. The Morgan fingerprint density at radius 3 is 2.48 bits per heavy atom. The number of nitrogens with two attached hydrogens (primary N) is 1. The van der Waals surface area contributed by atoms with Gasteiger partial charge in [-0.05, 0) is 45.1 Å². The summed E-state index contributed by atoms with van der Waals surface area (Å²) in [4.78, 5) is 14.4. The van der Waals surface area contributed by atoms with Crippen LogP contribution in [0.1, 0.15) is 37.3 Å². The summed E-state index contributed by atoms with van der Waals surface area (Å²) in [6.45, 7) is 4.21. The van der Waals surface area contributed by atoms with Crippen LogP contribution in [0.4, 0.5) is 0 Å². The lowest BCUT2D eigenvalue weighted by molar-refractivity contribution is -0.135. The Kier molecular flexibility index (Phi) is 6.69. The first-order chi connectivity index (χ1) is 9.47. The number of benzene rings is 1. The smallest absolute Gasteiger partial charge is 0.225 e. The van der Waals surface area contributed by atoms with E-state index in [0.717, 1.165) is 25.7 Å². The third-order valence-corrected chi connectivity index (χ3v) is 4.48. The number of hydrogen-bond donors (Lipinski definition) is 1. The van der Waals surface area contributed by atoms with Gasteiger partial charge in [0.05, 0.1) is 0 Å². The van der Waals surface area contributed by atoms with Crippen LogP contribution >= 0.6 is 12.4 Å². The van der Waals surface area contributed by atoms with Crippen LogP contribution < -0.4 is 5.73 Å². The summed E-state index contributed by atoms with van der Waals surface area (Å²) < 4.78 is 0. The van der Waals surface area contributed by atoms with E-state index in [0.29, 0.717) is 0 Å². The highest BCUT2D eigenvalue weighted by atomic mass is 35.5. The topological polar surface area (TPSA) is 46.3 Å². The van der Waals surface area contributed by atoms with Crippen molar-refractivity contribution in [2.45, 2.75) is 51.6 Å². The summed E-state index contributed by atoms with van der Waals surface area (Å²) in [6.07, 6.45) is 3.68. The molecule has 1 fully saturated rings. The van der Waals surface area contributed by atoms with E-state index in [-0.39, 0.29) is 36.3 Å². The zero-order valence-corrected chi connectivity index (χ0v) is 14.0. The van der Waals surface area contributed by atoms with Gasteiger partial charge in [0.25, 0.3) is 0 Å². The first kappa shape index (κ1) is 18.0. The third kappa shape index (κ3) is 4.72. The van der Waals surface area contributed by atoms with Crippen molar-refractivity contribution >= 4 is 18.3 Å². The highest BCUT2D eigenvalue weighted by molar-refractivity contribution is 5.85. The van der Waals surface area contributed by atoms with Crippen LogP contribution in [0, 0.1) is 12.8 Å². The lowest BCUT2D eigenvalue weighted by Gasteiger charge is -2.28. The summed E-state index contributed by atoms with van der Waals surface area (Å²) in [5.41, 5.74) is 8.46. The molecule has 1 aliphatic rings. The molecule has 0 aromatic heterocycles. The Morgan fingerprint density at radius 2 is 1.95 bits per heavy atom. The molecule has 1 saturated carbocycles. The molecule has 3 nitrogen and oxygen atoms in total. The second-order valence-electron chi connectivity index (χ2n) is 6.26. The van der Waals surface area contributed by atoms with E-state index in [2.05, 4.69) is 38.1 Å². The summed E-state index contributed by atoms with van der Waals surface area (Å²) in [7, 11) is 1.92. The molecule has 1 aliphatic carbocycles. The van der Waals surface area contributed by atoms with Gasteiger partial charge in [0, 0.05) is 25.0 Å². The van der Waals surface area contributed by atoms with Crippen molar-refractivity contribution in [1.29, 1.82) is 0 Å². The van der Waals surface area contributed by atoms with Crippen molar-refractivity contribution in [3.05, 3.63) is 35.4 Å². The Bertz CT molecular complexity index is 460. The van der Waals surface area contributed by atoms with Gasteiger partial charge in [-0.15, -0.1) is 12.4 Å². The van der Waals surface area contributed by atoms with E-state index < -0.39 is 0 Å². The van der Waals surface area contributed by atoms with Gasteiger partial charge in [-0.1, -0.05) is 29.8 Å². The molecular weight excluding hydrogens is 284 g/mol. The van der Waals surface area contributed by atoms with Crippen LogP contribution in [0.3, 0.4) is 0 Å². The molecule has 0 bridgehead atoms. The van der Waals surface area contributed by atoms with E-state index >= 15 is 0 Å². The molecule has 0 aliphatic heterocycles. The fourth-order valence-electron chi connectivity index (χ4n) is 2.95. The first-order valence-corrected chi connectivity index (χ1v) is 7.55. The van der Waals surface area contributed by atoms with Crippen molar-refractivity contribution in [2.75, 3.05) is 7.05 Å². The zero-order valence-electron chi connectivity index (χ0n) is 13.2. The maximum atomic E-state index is 12.4. The standard InChI is InChI=1S/C17H26N2O.ClH/c1-12-4-6-14(7-5-12)10-13(2)19(3)17(20)15-8-9-16(18)11-15;/h4-7,13,15-16H,8-11,18H2,1-3H3;1H. The maximum Gasteiger partial charge on any atom is 0.225 e. The normalized spacial score (nSPS) is 22.5. The minimum absolute atomic E-state index is 0. The van der Waals surface area contributed by atoms with Crippen molar-refractivity contribution < 1.29 is 4.79 Å². The number of likely N-dealkylation sites (N-methyl/N-ethyl adjacent to an activating group) is 1. The molecule has 1 amide bonds. The van der Waals surface area contributed by atoms with Gasteiger partial charge >= 0.3 is 0 Å².